The minimum Gasteiger partial charge on any atom is -0.472 e. The Balaban J connectivity index is 1.98. The molecule has 1 amide bonds. The van der Waals surface area contributed by atoms with Crippen molar-refractivity contribution in [1.29, 1.82) is 0 Å². The fraction of sp³-hybridized carbons (Fsp3) is 0.250. The average molecular weight is 317 g/mol. The smallest absolute Gasteiger partial charge is 0.337 e. The third kappa shape index (κ3) is 2.50. The van der Waals surface area contributed by atoms with E-state index in [0.717, 1.165) is 16.8 Å². The number of carbonyl (C=O) groups excluding carboxylic acids is 2. The van der Waals surface area contributed by atoms with Crippen LogP contribution in [-0.2, 0) is 9.53 Å². The molecule has 0 bridgehead atoms. The van der Waals surface area contributed by atoms with Crippen molar-refractivity contribution in [3.63, 3.8) is 0 Å². The van der Waals surface area contributed by atoms with Crippen molar-refractivity contribution in [2.75, 3.05) is 17.8 Å². The zero-order valence-corrected chi connectivity index (χ0v) is 13.1. The van der Waals surface area contributed by atoms with E-state index in [9.17, 15) is 9.59 Å². The lowest BCUT2D eigenvalue weighted by Gasteiger charge is -2.25. The number of nitrogens with zero attached hydrogens (tertiary/aromatic N) is 1. The van der Waals surface area contributed by atoms with Crippen LogP contribution in [0.25, 0.3) is 0 Å². The van der Waals surface area contributed by atoms with Gasteiger partial charge in [-0.3, -0.25) is 9.69 Å². The normalized spacial score (nSPS) is 17.8. The molecule has 5 nitrogen and oxygen atoms in total. The largest absolute Gasteiger partial charge is 0.472 e. The van der Waals surface area contributed by atoms with Crippen LogP contribution in [0.4, 0.5) is 5.69 Å². The molecule has 1 fully saturated rings. The summed E-state index contributed by atoms with van der Waals surface area (Å²) in [7, 11) is 1.35. The van der Waals surface area contributed by atoms with Crippen LogP contribution in [-0.4, -0.2) is 24.7 Å². The van der Waals surface area contributed by atoms with Crippen LogP contribution >= 0.6 is 11.8 Å². The predicted molar refractivity (Wildman–Crippen MR) is 83.9 cm³/mol. The second kappa shape index (κ2) is 5.88. The highest BCUT2D eigenvalue weighted by atomic mass is 32.2. The molecule has 3 rings (SSSR count). The van der Waals surface area contributed by atoms with Crippen LogP contribution in [0.5, 0.6) is 0 Å². The van der Waals surface area contributed by atoms with Gasteiger partial charge in [-0.05, 0) is 36.8 Å². The number of esters is 1. The minimum atomic E-state index is -0.386. The van der Waals surface area contributed by atoms with Crippen LogP contribution in [0.2, 0.25) is 0 Å². The number of thioether (sulfide) groups is 1. The fourth-order valence-electron chi connectivity index (χ4n) is 2.52. The summed E-state index contributed by atoms with van der Waals surface area (Å²) in [4.78, 5) is 25.6. The number of amides is 1. The van der Waals surface area contributed by atoms with E-state index in [1.54, 1.807) is 47.4 Å². The number of methoxy groups -OCH3 is 1. The molecule has 0 saturated carbocycles. The molecule has 114 valence electrons. The van der Waals surface area contributed by atoms with E-state index in [4.69, 9.17) is 9.15 Å². The van der Waals surface area contributed by atoms with Crippen molar-refractivity contribution in [1.82, 2.24) is 0 Å². The van der Waals surface area contributed by atoms with Crippen LogP contribution < -0.4 is 4.90 Å². The minimum absolute atomic E-state index is 0.0464. The maximum Gasteiger partial charge on any atom is 0.337 e. The third-order valence-electron chi connectivity index (χ3n) is 3.57. The van der Waals surface area contributed by atoms with E-state index in [-0.39, 0.29) is 17.3 Å². The third-order valence-corrected chi connectivity index (χ3v) is 4.79. The first-order valence-electron chi connectivity index (χ1n) is 6.76. The summed E-state index contributed by atoms with van der Waals surface area (Å²) in [5.41, 5.74) is 3.08. The predicted octanol–water partition coefficient (Wildman–Crippen LogP) is 3.15. The van der Waals surface area contributed by atoms with E-state index < -0.39 is 0 Å². The van der Waals surface area contributed by atoms with Gasteiger partial charge < -0.3 is 9.15 Å². The van der Waals surface area contributed by atoms with Crippen LogP contribution in [0.3, 0.4) is 0 Å². The van der Waals surface area contributed by atoms with Crippen molar-refractivity contribution in [3.8, 4) is 0 Å². The van der Waals surface area contributed by atoms with Crippen molar-refractivity contribution in [2.45, 2.75) is 12.3 Å². The molecule has 0 radical (unpaired) electrons. The molecule has 1 aromatic carbocycles. The molecule has 1 aliphatic heterocycles. The molecule has 2 heterocycles. The molecule has 0 spiro atoms. The molecule has 0 aliphatic carbocycles. The van der Waals surface area contributed by atoms with Gasteiger partial charge in [0.15, 0.2) is 0 Å². The second-order valence-electron chi connectivity index (χ2n) is 4.98. The van der Waals surface area contributed by atoms with E-state index in [2.05, 4.69) is 0 Å². The Morgan fingerprint density at radius 1 is 1.41 bits per heavy atom. The maximum atomic E-state index is 12.3. The molecule has 1 unspecified atom stereocenters. The monoisotopic (exact) mass is 317 g/mol. The lowest BCUT2D eigenvalue weighted by molar-refractivity contribution is -0.115. The van der Waals surface area contributed by atoms with Crippen LogP contribution in [0.15, 0.2) is 41.2 Å². The Kier molecular flexibility index (Phi) is 3.94. The Hall–Kier alpha value is -2.21. The Morgan fingerprint density at radius 2 is 2.23 bits per heavy atom. The van der Waals surface area contributed by atoms with Gasteiger partial charge in [-0.1, -0.05) is 0 Å². The summed E-state index contributed by atoms with van der Waals surface area (Å²) in [6.45, 7) is 1.88. The Morgan fingerprint density at radius 3 is 2.86 bits per heavy atom. The van der Waals surface area contributed by atoms with Crippen molar-refractivity contribution in [3.05, 3.63) is 53.5 Å². The average Bonchev–Trinajstić information content (AvgIpc) is 3.16. The summed E-state index contributed by atoms with van der Waals surface area (Å²) < 4.78 is 9.85. The van der Waals surface area contributed by atoms with Gasteiger partial charge in [-0.15, -0.1) is 11.8 Å². The lowest BCUT2D eigenvalue weighted by Crippen LogP contribution is -2.28. The van der Waals surface area contributed by atoms with Crippen molar-refractivity contribution < 1.29 is 18.7 Å². The van der Waals surface area contributed by atoms with Gasteiger partial charge >= 0.3 is 5.97 Å². The zero-order valence-electron chi connectivity index (χ0n) is 12.2. The highest BCUT2D eigenvalue weighted by Crippen LogP contribution is 2.42. The van der Waals surface area contributed by atoms with Crippen LogP contribution in [0.1, 0.15) is 26.9 Å². The van der Waals surface area contributed by atoms with Gasteiger partial charge in [0, 0.05) is 11.3 Å². The molecule has 1 atom stereocenters. The van der Waals surface area contributed by atoms with E-state index in [0.29, 0.717) is 11.3 Å². The SMILES string of the molecule is COC(=O)c1ccc(N2C(=O)CSC2c2ccoc2)c(C)c1. The van der Waals surface area contributed by atoms with Gasteiger partial charge in [0.05, 0.1) is 31.0 Å². The zero-order chi connectivity index (χ0) is 15.7. The standard InChI is InChI=1S/C16H15NO4S/c1-10-7-11(16(19)20-2)3-4-13(10)17-14(18)9-22-15(17)12-5-6-21-8-12/h3-8,15H,9H2,1-2H3. The number of benzene rings is 1. The first-order valence-corrected chi connectivity index (χ1v) is 7.81. The molecule has 1 aliphatic rings. The maximum absolute atomic E-state index is 12.3. The van der Waals surface area contributed by atoms with Crippen molar-refractivity contribution in [2.24, 2.45) is 0 Å². The molecular formula is C16H15NO4S. The van der Waals surface area contributed by atoms with Gasteiger partial charge in [0.25, 0.3) is 0 Å². The van der Waals surface area contributed by atoms with Gasteiger partial charge in [0.1, 0.15) is 5.37 Å². The van der Waals surface area contributed by atoms with E-state index in [1.807, 2.05) is 13.0 Å². The molecule has 2 aromatic rings. The van der Waals surface area contributed by atoms with Gasteiger partial charge in [-0.25, -0.2) is 4.79 Å². The topological polar surface area (TPSA) is 59.8 Å². The number of ether oxygens (including phenoxy) is 1. The molecular weight excluding hydrogens is 302 g/mol. The van der Waals surface area contributed by atoms with Crippen LogP contribution in [0, 0.1) is 6.92 Å². The first kappa shape index (κ1) is 14.7. The number of furan rings is 1. The first-order chi connectivity index (χ1) is 10.6. The highest BCUT2D eigenvalue weighted by molar-refractivity contribution is 8.00. The highest BCUT2D eigenvalue weighted by Gasteiger charge is 2.35. The molecule has 1 aromatic heterocycles. The number of carbonyl (C=O) groups is 2. The molecule has 6 heteroatoms. The summed E-state index contributed by atoms with van der Waals surface area (Å²) in [5, 5.41) is -0.103. The summed E-state index contributed by atoms with van der Waals surface area (Å²) in [5.74, 6) is 0.0851. The number of aryl methyl sites for hydroxylation is 1. The molecule has 22 heavy (non-hydrogen) atoms. The van der Waals surface area contributed by atoms with E-state index >= 15 is 0 Å². The number of anilines is 1. The fourth-order valence-corrected chi connectivity index (χ4v) is 3.66. The van der Waals surface area contributed by atoms with Gasteiger partial charge in [-0.2, -0.15) is 0 Å². The second-order valence-corrected chi connectivity index (χ2v) is 6.05. The number of hydrogen-bond acceptors (Lipinski definition) is 5. The number of hydrogen-bond donors (Lipinski definition) is 0. The summed E-state index contributed by atoms with van der Waals surface area (Å²) in [6, 6.07) is 7.07. The number of rotatable bonds is 3. The van der Waals surface area contributed by atoms with Crippen molar-refractivity contribution >= 4 is 29.3 Å². The summed E-state index contributed by atoms with van der Waals surface area (Å²) in [6.07, 6.45) is 3.26. The lowest BCUT2D eigenvalue weighted by atomic mass is 10.1. The Bertz CT molecular complexity index is 711. The summed E-state index contributed by atoms with van der Waals surface area (Å²) >= 11 is 1.56. The van der Waals surface area contributed by atoms with Gasteiger partial charge in [0.2, 0.25) is 5.91 Å². The van der Waals surface area contributed by atoms with E-state index in [1.165, 1.54) is 7.11 Å². The molecule has 0 N–H and O–H groups in total. The molecule has 1 saturated heterocycles. The Labute approximate surface area is 132 Å². The quantitative estimate of drug-likeness (QED) is 0.814.